The molecular weight excluding hydrogens is 282 g/mol. The SMILES string of the molecule is CCCN(Cc1nc(CC)[nH]c1C)C[C@@H]1COC[C@@H](O)[C@H]1O. The van der Waals surface area contributed by atoms with E-state index in [0.717, 1.165) is 43.1 Å². The van der Waals surface area contributed by atoms with Gasteiger partial charge < -0.3 is 19.9 Å². The summed E-state index contributed by atoms with van der Waals surface area (Å²) in [7, 11) is 0. The molecule has 1 aromatic rings. The number of H-pyrrole nitrogens is 1. The number of imidazole rings is 1. The van der Waals surface area contributed by atoms with E-state index in [-0.39, 0.29) is 12.5 Å². The monoisotopic (exact) mass is 311 g/mol. The molecule has 6 heteroatoms. The number of ether oxygens (including phenoxy) is 1. The molecule has 1 aliphatic rings. The molecule has 0 spiro atoms. The topological polar surface area (TPSA) is 81.6 Å². The summed E-state index contributed by atoms with van der Waals surface area (Å²) in [5, 5.41) is 19.9. The summed E-state index contributed by atoms with van der Waals surface area (Å²) in [6.45, 7) is 9.41. The van der Waals surface area contributed by atoms with Gasteiger partial charge in [-0.1, -0.05) is 13.8 Å². The zero-order valence-corrected chi connectivity index (χ0v) is 13.9. The Morgan fingerprint density at radius 2 is 2.09 bits per heavy atom. The second-order valence-corrected chi connectivity index (χ2v) is 6.20. The van der Waals surface area contributed by atoms with Crippen LogP contribution in [0.25, 0.3) is 0 Å². The van der Waals surface area contributed by atoms with Gasteiger partial charge in [-0.25, -0.2) is 4.98 Å². The molecule has 1 fully saturated rings. The molecule has 6 nitrogen and oxygen atoms in total. The lowest BCUT2D eigenvalue weighted by molar-refractivity contribution is -0.126. The molecule has 0 bridgehead atoms. The molecular formula is C16H29N3O3. The van der Waals surface area contributed by atoms with Gasteiger partial charge in [-0.05, 0) is 19.9 Å². The van der Waals surface area contributed by atoms with Crippen LogP contribution in [0.4, 0.5) is 0 Å². The quantitative estimate of drug-likeness (QED) is 0.696. The van der Waals surface area contributed by atoms with E-state index in [1.54, 1.807) is 0 Å². The third-order valence-electron chi connectivity index (χ3n) is 4.27. The number of aliphatic hydroxyl groups excluding tert-OH is 2. The van der Waals surface area contributed by atoms with Gasteiger partial charge in [0, 0.05) is 31.1 Å². The van der Waals surface area contributed by atoms with E-state index in [1.165, 1.54) is 0 Å². The summed E-state index contributed by atoms with van der Waals surface area (Å²) in [5.74, 6) is 0.959. The average Bonchev–Trinajstić information content (AvgIpc) is 2.84. The van der Waals surface area contributed by atoms with Gasteiger partial charge in [0.1, 0.15) is 11.9 Å². The highest BCUT2D eigenvalue weighted by Gasteiger charge is 2.32. The van der Waals surface area contributed by atoms with Crippen LogP contribution >= 0.6 is 0 Å². The molecule has 0 amide bonds. The lowest BCUT2D eigenvalue weighted by atomic mass is 9.96. The lowest BCUT2D eigenvalue weighted by Crippen LogP contribution is -2.48. The fraction of sp³-hybridized carbons (Fsp3) is 0.812. The maximum Gasteiger partial charge on any atom is 0.106 e. The number of aryl methyl sites for hydroxylation is 2. The van der Waals surface area contributed by atoms with Crippen LogP contribution < -0.4 is 0 Å². The van der Waals surface area contributed by atoms with E-state index < -0.39 is 12.2 Å². The Morgan fingerprint density at radius 1 is 1.32 bits per heavy atom. The first kappa shape index (κ1) is 17.4. The molecule has 22 heavy (non-hydrogen) atoms. The van der Waals surface area contributed by atoms with Crippen molar-refractivity contribution in [1.82, 2.24) is 14.9 Å². The largest absolute Gasteiger partial charge is 0.390 e. The predicted octanol–water partition coefficient (Wildman–Crippen LogP) is 0.861. The second-order valence-electron chi connectivity index (χ2n) is 6.20. The van der Waals surface area contributed by atoms with Crippen LogP contribution in [0.15, 0.2) is 0 Å². The first-order chi connectivity index (χ1) is 10.5. The number of aromatic nitrogens is 2. The molecule has 3 atom stereocenters. The van der Waals surface area contributed by atoms with Crippen molar-refractivity contribution in [3.05, 3.63) is 17.2 Å². The molecule has 0 unspecified atom stereocenters. The molecule has 3 N–H and O–H groups in total. The standard InChI is InChI=1S/C16H29N3O3/c1-4-6-19(7-12-9-22-10-14(20)16(12)21)8-13-11(3)17-15(5-2)18-13/h12,14,16,20-21H,4-10H2,1-3H3,(H,17,18)/t12-,14-,16+/m1/s1. The van der Waals surface area contributed by atoms with Crippen molar-refractivity contribution in [3.63, 3.8) is 0 Å². The van der Waals surface area contributed by atoms with Crippen LogP contribution in [-0.2, 0) is 17.7 Å². The fourth-order valence-electron chi connectivity index (χ4n) is 2.99. The molecule has 0 radical (unpaired) electrons. The highest BCUT2D eigenvalue weighted by molar-refractivity contribution is 5.13. The second kappa shape index (κ2) is 8.06. The van der Waals surface area contributed by atoms with Gasteiger partial charge in [-0.3, -0.25) is 4.90 Å². The maximum absolute atomic E-state index is 10.1. The summed E-state index contributed by atoms with van der Waals surface area (Å²) in [4.78, 5) is 10.2. The fourth-order valence-corrected chi connectivity index (χ4v) is 2.99. The van der Waals surface area contributed by atoms with Crippen molar-refractivity contribution in [3.8, 4) is 0 Å². The average molecular weight is 311 g/mol. The summed E-state index contributed by atoms with van der Waals surface area (Å²) < 4.78 is 5.38. The van der Waals surface area contributed by atoms with Crippen LogP contribution in [0.1, 0.15) is 37.5 Å². The van der Waals surface area contributed by atoms with Crippen LogP contribution in [0, 0.1) is 12.8 Å². The summed E-state index contributed by atoms with van der Waals surface area (Å²) in [5.41, 5.74) is 2.18. The van der Waals surface area contributed by atoms with E-state index in [1.807, 2.05) is 6.92 Å². The Kier molecular flexibility index (Phi) is 6.37. The highest BCUT2D eigenvalue weighted by Crippen LogP contribution is 2.19. The van der Waals surface area contributed by atoms with Gasteiger partial charge in [0.15, 0.2) is 0 Å². The Balaban J connectivity index is 2.01. The van der Waals surface area contributed by atoms with E-state index >= 15 is 0 Å². The number of hydrogen-bond acceptors (Lipinski definition) is 5. The normalized spacial score (nSPS) is 25.8. The zero-order chi connectivity index (χ0) is 16.1. The number of nitrogens with zero attached hydrogens (tertiary/aromatic N) is 2. The van der Waals surface area contributed by atoms with Gasteiger partial charge in [0.2, 0.25) is 0 Å². The van der Waals surface area contributed by atoms with Crippen LogP contribution in [0.5, 0.6) is 0 Å². The third kappa shape index (κ3) is 4.29. The van der Waals surface area contributed by atoms with Gasteiger partial charge >= 0.3 is 0 Å². The van der Waals surface area contributed by atoms with Gasteiger partial charge in [0.25, 0.3) is 0 Å². The maximum atomic E-state index is 10.1. The Morgan fingerprint density at radius 3 is 2.73 bits per heavy atom. The van der Waals surface area contributed by atoms with E-state index in [2.05, 4.69) is 28.7 Å². The Hall–Kier alpha value is -0.950. The first-order valence-corrected chi connectivity index (χ1v) is 8.25. The highest BCUT2D eigenvalue weighted by atomic mass is 16.5. The van der Waals surface area contributed by atoms with Crippen molar-refractivity contribution < 1.29 is 14.9 Å². The summed E-state index contributed by atoms with van der Waals surface area (Å²) in [6, 6.07) is 0. The summed E-state index contributed by atoms with van der Waals surface area (Å²) in [6.07, 6.45) is 0.451. The first-order valence-electron chi connectivity index (χ1n) is 8.25. The molecule has 126 valence electrons. The van der Waals surface area contributed by atoms with Crippen molar-refractivity contribution >= 4 is 0 Å². The molecule has 1 aliphatic heterocycles. The van der Waals surface area contributed by atoms with Crippen molar-refractivity contribution in [2.45, 2.75) is 52.4 Å². The number of aromatic amines is 1. The van der Waals surface area contributed by atoms with E-state index in [4.69, 9.17) is 4.74 Å². The van der Waals surface area contributed by atoms with Crippen molar-refractivity contribution in [2.24, 2.45) is 5.92 Å². The molecule has 2 rings (SSSR count). The number of aliphatic hydroxyl groups is 2. The third-order valence-corrected chi connectivity index (χ3v) is 4.27. The van der Waals surface area contributed by atoms with E-state index in [0.29, 0.717) is 13.2 Å². The zero-order valence-electron chi connectivity index (χ0n) is 13.9. The van der Waals surface area contributed by atoms with Crippen molar-refractivity contribution in [1.29, 1.82) is 0 Å². The molecule has 0 saturated carbocycles. The van der Waals surface area contributed by atoms with Crippen LogP contribution in [0.2, 0.25) is 0 Å². The Bertz CT molecular complexity index is 463. The smallest absolute Gasteiger partial charge is 0.106 e. The molecule has 2 heterocycles. The van der Waals surface area contributed by atoms with Gasteiger partial charge in [-0.15, -0.1) is 0 Å². The minimum atomic E-state index is -0.777. The van der Waals surface area contributed by atoms with Crippen LogP contribution in [-0.4, -0.2) is 63.6 Å². The summed E-state index contributed by atoms with van der Waals surface area (Å²) >= 11 is 0. The number of nitrogens with one attached hydrogen (secondary N) is 1. The van der Waals surface area contributed by atoms with Crippen LogP contribution in [0.3, 0.4) is 0 Å². The van der Waals surface area contributed by atoms with Gasteiger partial charge in [0.05, 0.1) is 25.0 Å². The van der Waals surface area contributed by atoms with Gasteiger partial charge in [-0.2, -0.15) is 0 Å². The lowest BCUT2D eigenvalue weighted by Gasteiger charge is -2.35. The number of rotatable bonds is 7. The minimum Gasteiger partial charge on any atom is -0.390 e. The predicted molar refractivity (Wildman–Crippen MR) is 84.6 cm³/mol. The molecule has 1 saturated heterocycles. The molecule has 1 aromatic heterocycles. The minimum absolute atomic E-state index is 0.0554. The molecule has 0 aromatic carbocycles. The number of hydrogen-bond donors (Lipinski definition) is 3. The molecule has 0 aliphatic carbocycles. The Labute approximate surface area is 132 Å². The van der Waals surface area contributed by atoms with E-state index in [9.17, 15) is 10.2 Å². The van der Waals surface area contributed by atoms with Crippen molar-refractivity contribution in [2.75, 3.05) is 26.3 Å².